The fraction of sp³-hybridized carbons (Fsp3) is 0.176. The Hall–Kier alpha value is -3.12. The average Bonchev–Trinajstić information content (AvgIpc) is 3.15. The highest BCUT2D eigenvalue weighted by atomic mass is 32.1. The van der Waals surface area contributed by atoms with E-state index in [0.29, 0.717) is 20.7 Å². The van der Waals surface area contributed by atoms with Crippen LogP contribution in [-0.2, 0) is 10.3 Å². The number of imide groups is 1. The quantitative estimate of drug-likeness (QED) is 0.657. The maximum Gasteiger partial charge on any atom is 0.325 e. The molecule has 2 aromatic rings. The monoisotopic (exact) mass is 375 g/mol. The molecule has 0 saturated carbocycles. The minimum absolute atomic E-state index is 0.367. The first kappa shape index (κ1) is 17.7. The number of benzene rings is 1. The number of Topliss-reactive ketones (excluding diaryl/α,β-unsaturated/α-hetero) is 1. The van der Waals surface area contributed by atoms with Gasteiger partial charge in [0.2, 0.25) is 0 Å². The van der Waals surface area contributed by atoms with Crippen molar-refractivity contribution in [3.8, 4) is 6.07 Å². The zero-order valence-corrected chi connectivity index (χ0v) is 14.2. The molecule has 3 amide bonds. The molecule has 6 nitrogen and oxygen atoms in total. The Morgan fingerprint density at radius 3 is 2.65 bits per heavy atom. The third-order valence-corrected chi connectivity index (χ3v) is 5.23. The van der Waals surface area contributed by atoms with Crippen molar-refractivity contribution in [3.05, 3.63) is 57.3 Å². The molecule has 0 radical (unpaired) electrons. The van der Waals surface area contributed by atoms with Gasteiger partial charge in [-0.05, 0) is 31.2 Å². The van der Waals surface area contributed by atoms with E-state index in [1.54, 1.807) is 6.07 Å². The van der Waals surface area contributed by atoms with Crippen LogP contribution in [-0.4, -0.2) is 29.2 Å². The summed E-state index contributed by atoms with van der Waals surface area (Å²) in [6.45, 7) is 0.780. The summed E-state index contributed by atoms with van der Waals surface area (Å²) in [6.07, 6.45) is 0. The highest BCUT2D eigenvalue weighted by molar-refractivity contribution is 7.12. The fourth-order valence-corrected chi connectivity index (χ4v) is 3.52. The lowest BCUT2D eigenvalue weighted by molar-refractivity contribution is -0.130. The van der Waals surface area contributed by atoms with Gasteiger partial charge in [0.15, 0.2) is 11.3 Å². The van der Waals surface area contributed by atoms with Gasteiger partial charge < -0.3 is 5.32 Å². The number of carbonyl (C=O) groups is 3. The predicted octanol–water partition coefficient (Wildman–Crippen LogP) is 2.55. The molecule has 1 unspecified atom stereocenters. The molecule has 132 valence electrons. The van der Waals surface area contributed by atoms with E-state index in [2.05, 4.69) is 5.32 Å². The topological polar surface area (TPSA) is 90.3 Å². The largest absolute Gasteiger partial charge is 0.325 e. The van der Waals surface area contributed by atoms with Gasteiger partial charge in [0.25, 0.3) is 5.91 Å². The van der Waals surface area contributed by atoms with Gasteiger partial charge in [-0.3, -0.25) is 14.5 Å². The predicted molar refractivity (Wildman–Crippen MR) is 87.3 cm³/mol. The summed E-state index contributed by atoms with van der Waals surface area (Å²) in [5, 5.41) is 11.4. The number of nitriles is 1. The van der Waals surface area contributed by atoms with Gasteiger partial charge in [-0.1, -0.05) is 0 Å². The Morgan fingerprint density at radius 2 is 2.04 bits per heavy atom. The van der Waals surface area contributed by atoms with Crippen molar-refractivity contribution < 1.29 is 23.2 Å². The molecule has 1 N–H and O–H groups in total. The van der Waals surface area contributed by atoms with Crippen LogP contribution in [0.5, 0.6) is 0 Å². The van der Waals surface area contributed by atoms with E-state index in [1.165, 1.54) is 13.0 Å². The van der Waals surface area contributed by atoms with E-state index in [0.717, 1.165) is 23.5 Å². The molecular formula is C17H11F2N3O3S. The van der Waals surface area contributed by atoms with Crippen LogP contribution in [0.1, 0.15) is 27.0 Å². The first-order valence-electron chi connectivity index (χ1n) is 7.39. The fourth-order valence-electron chi connectivity index (χ4n) is 2.62. The number of halogens is 2. The number of rotatable bonds is 4. The molecule has 0 aliphatic carbocycles. The normalized spacial score (nSPS) is 19.4. The number of carbonyl (C=O) groups excluding carboxylic acids is 3. The molecular weight excluding hydrogens is 364 g/mol. The number of hydrogen-bond acceptors (Lipinski definition) is 5. The third-order valence-electron chi connectivity index (χ3n) is 4.02. The van der Waals surface area contributed by atoms with E-state index >= 15 is 0 Å². The summed E-state index contributed by atoms with van der Waals surface area (Å²) in [5.74, 6) is -3.43. The number of nitrogens with one attached hydrogen (secondary N) is 1. The molecule has 1 fully saturated rings. The molecule has 26 heavy (non-hydrogen) atoms. The van der Waals surface area contributed by atoms with Crippen LogP contribution in [0.3, 0.4) is 0 Å². The van der Waals surface area contributed by atoms with Crippen molar-refractivity contribution in [2.75, 3.05) is 6.54 Å². The third kappa shape index (κ3) is 2.84. The number of nitrogens with zero attached hydrogens (tertiary/aromatic N) is 2. The summed E-state index contributed by atoms with van der Waals surface area (Å²) in [4.78, 5) is 38.6. The van der Waals surface area contributed by atoms with Crippen molar-refractivity contribution in [2.45, 2.75) is 12.5 Å². The number of hydrogen-bond donors (Lipinski definition) is 1. The molecule has 1 aromatic carbocycles. The lowest BCUT2D eigenvalue weighted by atomic mass is 10.0. The lowest BCUT2D eigenvalue weighted by Crippen LogP contribution is -2.41. The highest BCUT2D eigenvalue weighted by Crippen LogP contribution is 2.33. The summed E-state index contributed by atoms with van der Waals surface area (Å²) in [6, 6.07) is 6.64. The van der Waals surface area contributed by atoms with Crippen LogP contribution in [0.25, 0.3) is 0 Å². The second-order valence-electron chi connectivity index (χ2n) is 5.77. The molecule has 2 heterocycles. The van der Waals surface area contributed by atoms with Crippen molar-refractivity contribution in [2.24, 2.45) is 0 Å². The molecule has 1 saturated heterocycles. The summed E-state index contributed by atoms with van der Waals surface area (Å²) >= 11 is 1.05. The van der Waals surface area contributed by atoms with Crippen molar-refractivity contribution >= 4 is 29.1 Å². The van der Waals surface area contributed by atoms with Gasteiger partial charge in [0, 0.05) is 10.9 Å². The average molecular weight is 375 g/mol. The Bertz CT molecular complexity index is 982. The standard InChI is InChI=1S/C17H11F2N3O3S/c1-17(14-5-3-10(7-20)26-14)15(24)22(16(25)21-17)8-13(23)11-4-2-9(18)6-12(11)19/h2-6H,8H2,1H3,(H,21,25). The molecule has 1 atom stereocenters. The second-order valence-corrected chi connectivity index (χ2v) is 6.85. The zero-order valence-electron chi connectivity index (χ0n) is 13.4. The van der Waals surface area contributed by atoms with E-state index in [9.17, 15) is 23.2 Å². The van der Waals surface area contributed by atoms with Crippen molar-refractivity contribution in [1.29, 1.82) is 5.26 Å². The zero-order chi connectivity index (χ0) is 19.1. The van der Waals surface area contributed by atoms with Gasteiger partial charge in [-0.25, -0.2) is 13.6 Å². The molecule has 1 aromatic heterocycles. The van der Waals surface area contributed by atoms with Crippen LogP contribution in [0.15, 0.2) is 30.3 Å². The second kappa shape index (κ2) is 6.31. The van der Waals surface area contributed by atoms with E-state index in [1.807, 2.05) is 6.07 Å². The van der Waals surface area contributed by atoms with Crippen LogP contribution >= 0.6 is 11.3 Å². The molecule has 1 aliphatic rings. The number of ketones is 1. The maximum absolute atomic E-state index is 13.7. The summed E-state index contributed by atoms with van der Waals surface area (Å²) in [5.41, 5.74) is -1.83. The molecule has 0 spiro atoms. The summed E-state index contributed by atoms with van der Waals surface area (Å²) in [7, 11) is 0. The lowest BCUT2D eigenvalue weighted by Gasteiger charge is -2.19. The number of urea groups is 1. The molecule has 0 bridgehead atoms. The molecule has 9 heteroatoms. The Labute approximate surface area is 150 Å². The van der Waals surface area contributed by atoms with Crippen LogP contribution in [0.2, 0.25) is 0 Å². The van der Waals surface area contributed by atoms with Crippen LogP contribution in [0.4, 0.5) is 13.6 Å². The van der Waals surface area contributed by atoms with Crippen molar-refractivity contribution in [3.63, 3.8) is 0 Å². The first-order valence-corrected chi connectivity index (χ1v) is 8.20. The van der Waals surface area contributed by atoms with Gasteiger partial charge in [-0.2, -0.15) is 5.26 Å². The van der Waals surface area contributed by atoms with Crippen LogP contribution < -0.4 is 5.32 Å². The van der Waals surface area contributed by atoms with E-state index < -0.39 is 47.0 Å². The van der Waals surface area contributed by atoms with Gasteiger partial charge in [0.1, 0.15) is 22.6 Å². The Morgan fingerprint density at radius 1 is 1.31 bits per heavy atom. The number of amides is 3. The Kier molecular flexibility index (Phi) is 4.29. The number of thiophene rings is 1. The maximum atomic E-state index is 13.7. The summed E-state index contributed by atoms with van der Waals surface area (Å²) < 4.78 is 26.7. The van der Waals surface area contributed by atoms with Crippen molar-refractivity contribution in [1.82, 2.24) is 10.2 Å². The van der Waals surface area contributed by atoms with Gasteiger partial charge in [-0.15, -0.1) is 11.3 Å². The Balaban J connectivity index is 1.85. The highest BCUT2D eigenvalue weighted by Gasteiger charge is 2.50. The minimum Gasteiger partial charge on any atom is -0.319 e. The van der Waals surface area contributed by atoms with Gasteiger partial charge in [0.05, 0.1) is 12.1 Å². The van der Waals surface area contributed by atoms with E-state index in [-0.39, 0.29) is 0 Å². The van der Waals surface area contributed by atoms with E-state index in [4.69, 9.17) is 5.26 Å². The van der Waals surface area contributed by atoms with Gasteiger partial charge >= 0.3 is 6.03 Å². The molecule has 1 aliphatic heterocycles. The molecule has 3 rings (SSSR count). The smallest absolute Gasteiger partial charge is 0.319 e. The first-order chi connectivity index (χ1) is 12.3. The SMILES string of the molecule is CC1(c2ccc(C#N)s2)NC(=O)N(CC(=O)c2ccc(F)cc2F)C1=O. The minimum atomic E-state index is -1.42. The van der Waals surface area contributed by atoms with Crippen LogP contribution in [0, 0.1) is 23.0 Å².